The van der Waals surface area contributed by atoms with Gasteiger partial charge < -0.3 is 4.74 Å². The van der Waals surface area contributed by atoms with Crippen molar-refractivity contribution < 1.29 is 14.5 Å². The Morgan fingerprint density at radius 3 is 2.68 bits per heavy atom. The van der Waals surface area contributed by atoms with Gasteiger partial charge in [-0.25, -0.2) is 5.01 Å². The maximum absolute atomic E-state index is 12.0. The van der Waals surface area contributed by atoms with Crippen molar-refractivity contribution in [3.05, 3.63) is 75.8 Å². The van der Waals surface area contributed by atoms with E-state index in [-0.39, 0.29) is 11.6 Å². The second-order valence-electron chi connectivity index (χ2n) is 5.61. The first-order chi connectivity index (χ1) is 12.0. The first-order valence-electron chi connectivity index (χ1n) is 7.66. The number of hydrazine groups is 1. The lowest BCUT2D eigenvalue weighted by molar-refractivity contribution is -0.384. The van der Waals surface area contributed by atoms with Crippen LogP contribution in [0, 0.1) is 10.1 Å². The molecule has 7 nitrogen and oxygen atoms in total. The maximum Gasteiger partial charge on any atom is 0.269 e. The van der Waals surface area contributed by atoms with Crippen molar-refractivity contribution >= 4 is 17.3 Å². The van der Waals surface area contributed by atoms with Crippen LogP contribution in [0.2, 0.25) is 0 Å². The number of benzene rings is 2. The highest BCUT2D eigenvalue weighted by atomic mass is 16.6. The van der Waals surface area contributed by atoms with Gasteiger partial charge in [0.2, 0.25) is 5.91 Å². The van der Waals surface area contributed by atoms with E-state index in [0.29, 0.717) is 11.3 Å². The fraction of sp³-hybridized carbons (Fsp3) is 0.167. The monoisotopic (exact) mass is 339 g/mol. The van der Waals surface area contributed by atoms with E-state index in [1.54, 1.807) is 19.2 Å². The minimum Gasteiger partial charge on any atom is -0.497 e. The molecule has 3 rings (SSSR count). The number of hydrogen-bond acceptors (Lipinski definition) is 5. The van der Waals surface area contributed by atoms with Crippen LogP contribution in [0.5, 0.6) is 5.75 Å². The van der Waals surface area contributed by atoms with Gasteiger partial charge in [0.05, 0.1) is 23.8 Å². The van der Waals surface area contributed by atoms with E-state index >= 15 is 0 Å². The molecule has 1 atom stereocenters. The van der Waals surface area contributed by atoms with E-state index in [9.17, 15) is 14.9 Å². The molecule has 2 aromatic rings. The summed E-state index contributed by atoms with van der Waals surface area (Å²) >= 11 is 0. The highest BCUT2D eigenvalue weighted by molar-refractivity contribution is 5.79. The highest BCUT2D eigenvalue weighted by Crippen LogP contribution is 2.33. The number of amides is 1. The summed E-state index contributed by atoms with van der Waals surface area (Å²) in [5.41, 5.74) is 5.33. The number of carbonyl (C=O) groups is 1. The number of hydrogen-bond donors (Lipinski definition) is 1. The van der Waals surface area contributed by atoms with Gasteiger partial charge in [0, 0.05) is 24.6 Å². The van der Waals surface area contributed by atoms with Gasteiger partial charge in [0.15, 0.2) is 0 Å². The molecule has 128 valence electrons. The molecule has 25 heavy (non-hydrogen) atoms. The SMILES string of the molecule is COc1cccc(C2=C[C@H](c3cccc([N+](=O)[O-])c3)N(C(C)=O)N2)c1. The van der Waals surface area contributed by atoms with Crippen LogP contribution in [0.25, 0.3) is 5.70 Å². The van der Waals surface area contributed by atoms with Gasteiger partial charge in [-0.05, 0) is 23.8 Å². The van der Waals surface area contributed by atoms with Gasteiger partial charge in [-0.2, -0.15) is 0 Å². The molecule has 1 aliphatic rings. The lowest BCUT2D eigenvalue weighted by Gasteiger charge is -2.24. The molecule has 0 bridgehead atoms. The van der Waals surface area contributed by atoms with Crippen LogP contribution < -0.4 is 10.2 Å². The van der Waals surface area contributed by atoms with Crippen molar-refractivity contribution in [2.45, 2.75) is 13.0 Å². The molecule has 0 aromatic heterocycles. The van der Waals surface area contributed by atoms with Gasteiger partial charge >= 0.3 is 0 Å². The summed E-state index contributed by atoms with van der Waals surface area (Å²) in [6, 6.07) is 13.3. The second kappa shape index (κ2) is 6.64. The quantitative estimate of drug-likeness (QED) is 0.683. The Bertz CT molecular complexity index is 863. The summed E-state index contributed by atoms with van der Waals surface area (Å²) in [7, 11) is 1.59. The molecule has 1 N–H and O–H groups in total. The molecule has 0 saturated carbocycles. The van der Waals surface area contributed by atoms with Crippen LogP contribution in [-0.4, -0.2) is 22.9 Å². The topological polar surface area (TPSA) is 84.7 Å². The number of ether oxygens (including phenoxy) is 1. The third kappa shape index (κ3) is 3.30. The molecule has 0 spiro atoms. The number of nitrogens with zero attached hydrogens (tertiary/aromatic N) is 2. The Morgan fingerprint density at radius 1 is 1.24 bits per heavy atom. The Morgan fingerprint density at radius 2 is 2.00 bits per heavy atom. The Kier molecular flexibility index (Phi) is 4.38. The van der Waals surface area contributed by atoms with Crippen molar-refractivity contribution in [2.75, 3.05) is 7.11 Å². The average Bonchev–Trinajstić information content (AvgIpc) is 3.07. The van der Waals surface area contributed by atoms with Crippen LogP contribution in [0.4, 0.5) is 5.69 Å². The molecule has 1 amide bonds. The summed E-state index contributed by atoms with van der Waals surface area (Å²) in [5.74, 6) is 0.513. The van der Waals surface area contributed by atoms with E-state index in [2.05, 4.69) is 5.43 Å². The Labute approximate surface area is 144 Å². The number of rotatable bonds is 4. The van der Waals surface area contributed by atoms with Crippen molar-refractivity contribution in [1.82, 2.24) is 10.4 Å². The molecule has 0 aliphatic carbocycles. The molecule has 1 aliphatic heterocycles. The summed E-state index contributed by atoms with van der Waals surface area (Å²) in [4.78, 5) is 22.6. The molecule has 0 fully saturated rings. The molecular weight excluding hydrogens is 322 g/mol. The smallest absolute Gasteiger partial charge is 0.269 e. The molecule has 0 radical (unpaired) electrons. The predicted octanol–water partition coefficient (Wildman–Crippen LogP) is 3.05. The fourth-order valence-electron chi connectivity index (χ4n) is 2.76. The zero-order valence-electron chi connectivity index (χ0n) is 13.8. The zero-order chi connectivity index (χ0) is 18.0. The lowest BCUT2D eigenvalue weighted by atomic mass is 10.0. The van der Waals surface area contributed by atoms with Crippen LogP contribution in [0.3, 0.4) is 0 Å². The normalized spacial score (nSPS) is 16.2. The van der Waals surface area contributed by atoms with Crippen LogP contribution in [0.15, 0.2) is 54.6 Å². The number of nitro groups is 1. The van der Waals surface area contributed by atoms with E-state index in [1.165, 1.54) is 24.1 Å². The number of methoxy groups -OCH3 is 1. The van der Waals surface area contributed by atoms with Gasteiger partial charge in [-0.15, -0.1) is 0 Å². The van der Waals surface area contributed by atoms with Gasteiger partial charge in [0.1, 0.15) is 5.75 Å². The highest BCUT2D eigenvalue weighted by Gasteiger charge is 2.29. The van der Waals surface area contributed by atoms with E-state index in [4.69, 9.17) is 4.74 Å². The van der Waals surface area contributed by atoms with Crippen LogP contribution in [0.1, 0.15) is 24.1 Å². The van der Waals surface area contributed by atoms with Gasteiger partial charge in [-0.1, -0.05) is 24.3 Å². The molecule has 2 aromatic carbocycles. The summed E-state index contributed by atoms with van der Waals surface area (Å²) in [6.45, 7) is 1.44. The number of carbonyl (C=O) groups excluding carboxylic acids is 1. The minimum absolute atomic E-state index is 0.00997. The van der Waals surface area contributed by atoms with Crippen molar-refractivity contribution in [2.24, 2.45) is 0 Å². The summed E-state index contributed by atoms with van der Waals surface area (Å²) in [5, 5.41) is 12.5. The Hall–Kier alpha value is -3.35. The first kappa shape index (κ1) is 16.5. The molecule has 0 unspecified atom stereocenters. The van der Waals surface area contributed by atoms with Crippen molar-refractivity contribution in [3.63, 3.8) is 0 Å². The fourth-order valence-corrected chi connectivity index (χ4v) is 2.76. The van der Waals surface area contributed by atoms with Crippen molar-refractivity contribution in [3.8, 4) is 5.75 Å². The maximum atomic E-state index is 12.0. The molecule has 1 heterocycles. The standard InChI is InChI=1S/C18H17N3O4/c1-12(22)20-18(14-6-3-7-15(9-14)21(23)24)11-17(19-20)13-5-4-8-16(10-13)25-2/h3-11,18-19H,1-2H3/t18-/m1/s1. The summed E-state index contributed by atoms with van der Waals surface area (Å²) in [6.07, 6.45) is 1.87. The number of nitro benzene ring substituents is 1. The van der Waals surface area contributed by atoms with E-state index in [1.807, 2.05) is 30.3 Å². The zero-order valence-corrected chi connectivity index (χ0v) is 13.8. The first-order valence-corrected chi connectivity index (χ1v) is 7.66. The van der Waals surface area contributed by atoms with Crippen molar-refractivity contribution in [1.29, 1.82) is 0 Å². The van der Waals surface area contributed by atoms with Crippen LogP contribution >= 0.6 is 0 Å². The Balaban J connectivity index is 2.00. The van der Waals surface area contributed by atoms with Gasteiger partial charge in [-0.3, -0.25) is 20.3 Å². The minimum atomic E-state index is -0.448. The number of non-ortho nitro benzene ring substituents is 1. The largest absolute Gasteiger partial charge is 0.497 e. The van der Waals surface area contributed by atoms with E-state index < -0.39 is 11.0 Å². The lowest BCUT2D eigenvalue weighted by Crippen LogP contribution is -2.37. The third-order valence-electron chi connectivity index (χ3n) is 3.99. The summed E-state index contributed by atoms with van der Waals surface area (Å²) < 4.78 is 5.23. The molecule has 0 saturated heterocycles. The molecule has 7 heteroatoms. The van der Waals surface area contributed by atoms with E-state index in [0.717, 1.165) is 11.3 Å². The number of nitrogens with one attached hydrogen (secondary N) is 1. The second-order valence-corrected chi connectivity index (χ2v) is 5.61. The predicted molar refractivity (Wildman–Crippen MR) is 92.5 cm³/mol. The average molecular weight is 339 g/mol. The van der Waals surface area contributed by atoms with Gasteiger partial charge in [0.25, 0.3) is 5.69 Å². The van der Waals surface area contributed by atoms with Crippen LogP contribution in [-0.2, 0) is 4.79 Å². The third-order valence-corrected chi connectivity index (χ3v) is 3.99. The molecular formula is C18H17N3O4.